The fourth-order valence-corrected chi connectivity index (χ4v) is 3.76. The molecule has 1 aromatic rings. The maximum Gasteiger partial charge on any atom is 0.0992 e. The van der Waals surface area contributed by atoms with Crippen LogP contribution in [-0.2, 0) is 0 Å². The second-order valence-electron chi connectivity index (χ2n) is 6.08. The van der Waals surface area contributed by atoms with Crippen LogP contribution in [0.3, 0.4) is 0 Å². The molecule has 2 aliphatic rings. The summed E-state index contributed by atoms with van der Waals surface area (Å²) in [6.07, 6.45) is 8.27. The number of benzene rings is 1. The minimum absolute atomic E-state index is 0.637. The highest BCUT2D eigenvalue weighted by Gasteiger charge is 2.37. The van der Waals surface area contributed by atoms with E-state index in [2.05, 4.69) is 11.0 Å². The molecule has 0 atom stereocenters. The van der Waals surface area contributed by atoms with Crippen molar-refractivity contribution in [2.45, 2.75) is 38.5 Å². The molecular formula is C16H21N3. The van der Waals surface area contributed by atoms with E-state index in [1.54, 1.807) is 6.07 Å². The minimum atomic E-state index is 0.637. The summed E-state index contributed by atoms with van der Waals surface area (Å²) in [5.74, 6) is 0. The van der Waals surface area contributed by atoms with Crippen LogP contribution in [0, 0.1) is 16.7 Å². The van der Waals surface area contributed by atoms with Gasteiger partial charge in [-0.2, -0.15) is 5.26 Å². The van der Waals surface area contributed by atoms with Crippen LogP contribution in [0.4, 0.5) is 11.4 Å². The Morgan fingerprint density at radius 1 is 1.11 bits per heavy atom. The Balaban J connectivity index is 1.73. The lowest BCUT2D eigenvalue weighted by Crippen LogP contribution is -2.39. The largest absolute Gasteiger partial charge is 0.397 e. The van der Waals surface area contributed by atoms with Gasteiger partial charge in [0.05, 0.1) is 23.0 Å². The maximum absolute atomic E-state index is 8.88. The van der Waals surface area contributed by atoms with Crippen LogP contribution >= 0.6 is 0 Å². The number of hydrogen-bond acceptors (Lipinski definition) is 3. The summed E-state index contributed by atoms with van der Waals surface area (Å²) in [5.41, 5.74) is 9.20. The zero-order valence-electron chi connectivity index (χ0n) is 11.4. The van der Waals surface area contributed by atoms with Gasteiger partial charge in [0.25, 0.3) is 0 Å². The number of nitrogens with zero attached hydrogens (tertiary/aromatic N) is 2. The van der Waals surface area contributed by atoms with Crippen molar-refractivity contribution >= 4 is 11.4 Å². The summed E-state index contributed by atoms with van der Waals surface area (Å²) in [6.45, 7) is 2.21. The molecule has 1 aliphatic carbocycles. The van der Waals surface area contributed by atoms with Gasteiger partial charge < -0.3 is 10.6 Å². The van der Waals surface area contributed by atoms with E-state index in [4.69, 9.17) is 11.0 Å². The highest BCUT2D eigenvalue weighted by Crippen LogP contribution is 2.47. The molecule has 1 spiro atoms. The van der Waals surface area contributed by atoms with Crippen molar-refractivity contribution in [1.29, 1.82) is 5.26 Å². The van der Waals surface area contributed by atoms with Crippen LogP contribution in [0.5, 0.6) is 0 Å². The van der Waals surface area contributed by atoms with Crippen molar-refractivity contribution in [2.75, 3.05) is 23.7 Å². The zero-order valence-corrected chi connectivity index (χ0v) is 11.4. The zero-order chi connectivity index (χ0) is 13.3. The molecule has 3 heteroatoms. The Hall–Kier alpha value is -1.69. The Morgan fingerprint density at radius 3 is 2.37 bits per heavy atom. The Morgan fingerprint density at radius 2 is 1.79 bits per heavy atom. The first-order valence-corrected chi connectivity index (χ1v) is 7.27. The third-order valence-electron chi connectivity index (χ3n) is 4.99. The molecule has 1 aromatic carbocycles. The molecule has 100 valence electrons. The third-order valence-corrected chi connectivity index (χ3v) is 4.99. The van der Waals surface area contributed by atoms with E-state index < -0.39 is 0 Å². The number of rotatable bonds is 1. The number of nitrogen functional groups attached to an aromatic ring is 1. The molecule has 0 aromatic heterocycles. The fourth-order valence-electron chi connectivity index (χ4n) is 3.76. The second-order valence-corrected chi connectivity index (χ2v) is 6.08. The lowest BCUT2D eigenvalue weighted by molar-refractivity contribution is 0.226. The number of nitriles is 1. The second kappa shape index (κ2) is 4.77. The van der Waals surface area contributed by atoms with Crippen molar-refractivity contribution < 1.29 is 0 Å². The van der Waals surface area contributed by atoms with Gasteiger partial charge in [-0.1, -0.05) is 12.8 Å². The van der Waals surface area contributed by atoms with E-state index >= 15 is 0 Å². The SMILES string of the molecule is N#Cc1ccc(N2CCC3(CCCC3)CC2)c(N)c1. The van der Waals surface area contributed by atoms with Crippen molar-refractivity contribution in [2.24, 2.45) is 5.41 Å². The first-order valence-electron chi connectivity index (χ1n) is 7.27. The van der Waals surface area contributed by atoms with Crippen molar-refractivity contribution in [1.82, 2.24) is 0 Å². The molecule has 2 fully saturated rings. The standard InChI is InChI=1S/C16H21N3/c17-12-13-3-4-15(14(18)11-13)19-9-7-16(8-10-19)5-1-2-6-16/h3-4,11H,1-2,5-10,18H2. The Labute approximate surface area is 115 Å². The van der Waals surface area contributed by atoms with Gasteiger partial charge in [0, 0.05) is 13.1 Å². The number of nitrogens with two attached hydrogens (primary N) is 1. The molecule has 0 radical (unpaired) electrons. The molecule has 3 nitrogen and oxygen atoms in total. The van der Waals surface area contributed by atoms with Crippen LogP contribution in [0.2, 0.25) is 0 Å². The molecule has 0 amide bonds. The highest BCUT2D eigenvalue weighted by atomic mass is 15.1. The molecule has 19 heavy (non-hydrogen) atoms. The summed E-state index contributed by atoms with van der Waals surface area (Å²) < 4.78 is 0. The lowest BCUT2D eigenvalue weighted by atomic mass is 9.77. The maximum atomic E-state index is 8.88. The Kier molecular flexibility index (Phi) is 3.10. The highest BCUT2D eigenvalue weighted by molar-refractivity contribution is 5.69. The first kappa shape index (κ1) is 12.3. The van der Waals surface area contributed by atoms with Gasteiger partial charge in [-0.15, -0.1) is 0 Å². The molecule has 0 bridgehead atoms. The number of anilines is 2. The fraction of sp³-hybridized carbons (Fsp3) is 0.562. The molecule has 1 heterocycles. The first-order chi connectivity index (χ1) is 9.22. The van der Waals surface area contributed by atoms with Gasteiger partial charge in [-0.3, -0.25) is 0 Å². The van der Waals surface area contributed by atoms with Crippen molar-refractivity contribution in [3.05, 3.63) is 23.8 Å². The topological polar surface area (TPSA) is 53.0 Å². The molecule has 0 unspecified atom stereocenters. The van der Waals surface area contributed by atoms with E-state index in [9.17, 15) is 0 Å². The van der Waals surface area contributed by atoms with Gasteiger partial charge in [-0.05, 0) is 49.3 Å². The predicted octanol–water partition coefficient (Wildman–Crippen LogP) is 3.30. The van der Waals surface area contributed by atoms with E-state index in [0.29, 0.717) is 11.0 Å². The van der Waals surface area contributed by atoms with Crippen LogP contribution in [0.15, 0.2) is 18.2 Å². The number of piperidine rings is 1. The summed E-state index contributed by atoms with van der Waals surface area (Å²) in [6, 6.07) is 7.79. The summed E-state index contributed by atoms with van der Waals surface area (Å²) >= 11 is 0. The normalized spacial score (nSPS) is 21.5. The van der Waals surface area contributed by atoms with Gasteiger partial charge in [0.15, 0.2) is 0 Å². The summed E-state index contributed by atoms with van der Waals surface area (Å²) in [4.78, 5) is 2.39. The van der Waals surface area contributed by atoms with E-state index in [1.807, 2.05) is 12.1 Å². The van der Waals surface area contributed by atoms with Crippen molar-refractivity contribution in [3.8, 4) is 6.07 Å². The van der Waals surface area contributed by atoms with E-state index in [-0.39, 0.29) is 0 Å². The minimum Gasteiger partial charge on any atom is -0.397 e. The summed E-state index contributed by atoms with van der Waals surface area (Å²) in [5, 5.41) is 8.88. The lowest BCUT2D eigenvalue weighted by Gasteiger charge is -2.40. The molecular weight excluding hydrogens is 234 g/mol. The van der Waals surface area contributed by atoms with Gasteiger partial charge in [0.2, 0.25) is 0 Å². The summed E-state index contributed by atoms with van der Waals surface area (Å²) in [7, 11) is 0. The monoisotopic (exact) mass is 255 g/mol. The molecule has 3 rings (SSSR count). The quantitative estimate of drug-likeness (QED) is 0.783. The molecule has 2 N–H and O–H groups in total. The predicted molar refractivity (Wildman–Crippen MR) is 77.9 cm³/mol. The van der Waals surface area contributed by atoms with E-state index in [0.717, 1.165) is 24.5 Å². The number of hydrogen-bond donors (Lipinski definition) is 1. The molecule has 1 aliphatic heterocycles. The Bertz CT molecular complexity index is 499. The van der Waals surface area contributed by atoms with Gasteiger partial charge >= 0.3 is 0 Å². The van der Waals surface area contributed by atoms with Crippen LogP contribution < -0.4 is 10.6 Å². The smallest absolute Gasteiger partial charge is 0.0992 e. The van der Waals surface area contributed by atoms with E-state index in [1.165, 1.54) is 38.5 Å². The molecule has 1 saturated carbocycles. The average molecular weight is 255 g/mol. The van der Waals surface area contributed by atoms with Crippen molar-refractivity contribution in [3.63, 3.8) is 0 Å². The van der Waals surface area contributed by atoms with Crippen LogP contribution in [0.25, 0.3) is 0 Å². The molecule has 1 saturated heterocycles. The van der Waals surface area contributed by atoms with Gasteiger partial charge in [-0.25, -0.2) is 0 Å². The third kappa shape index (κ3) is 2.28. The van der Waals surface area contributed by atoms with Gasteiger partial charge in [0.1, 0.15) is 0 Å². The average Bonchev–Trinajstić information content (AvgIpc) is 2.88. The van der Waals surface area contributed by atoms with Crippen LogP contribution in [0.1, 0.15) is 44.1 Å². The van der Waals surface area contributed by atoms with Crippen LogP contribution in [-0.4, -0.2) is 13.1 Å².